The first-order valence-corrected chi connectivity index (χ1v) is 9.05. The summed E-state index contributed by atoms with van der Waals surface area (Å²) in [7, 11) is 1.62. The number of hydrogen-bond acceptors (Lipinski definition) is 4. The first-order valence-electron chi connectivity index (χ1n) is 9.05. The van der Waals surface area contributed by atoms with Crippen molar-refractivity contribution >= 4 is 17.5 Å². The van der Waals surface area contributed by atoms with Crippen LogP contribution >= 0.6 is 0 Å². The van der Waals surface area contributed by atoms with Crippen LogP contribution in [0.2, 0.25) is 0 Å². The van der Waals surface area contributed by atoms with Crippen molar-refractivity contribution in [3.8, 4) is 17.2 Å². The lowest BCUT2D eigenvalue weighted by Gasteiger charge is -2.11. The molecule has 150 valence electrons. The third-order valence-electron chi connectivity index (χ3n) is 4.48. The fraction of sp³-hybridized carbons (Fsp3) is 0.182. The maximum atomic E-state index is 12.9. The highest BCUT2D eigenvalue weighted by Crippen LogP contribution is 2.24. The molecular formula is C22H23N3O4. The molecule has 29 heavy (non-hydrogen) atoms. The summed E-state index contributed by atoms with van der Waals surface area (Å²) < 4.78 is 12.5. The van der Waals surface area contributed by atoms with Gasteiger partial charge in [-0.15, -0.1) is 0 Å². The molecule has 0 saturated carbocycles. The standard InChI is InChI=1S/C22H23N3O4/c1-14-11-20(15(2)25(14)17-7-9-18(28-3)10-8-17)22(27)24-16-5-4-6-19(12-16)29-13-21(23)26/h4-12H,13H2,1-3H3,(H2,23,26)(H,24,27). The number of nitrogens with two attached hydrogens (primary N) is 1. The van der Waals surface area contributed by atoms with Crippen LogP contribution in [0.3, 0.4) is 0 Å². The molecule has 0 aliphatic rings. The molecule has 0 radical (unpaired) electrons. The van der Waals surface area contributed by atoms with Crippen LogP contribution in [-0.4, -0.2) is 30.1 Å². The average Bonchev–Trinajstić information content (AvgIpc) is 3.01. The first-order chi connectivity index (χ1) is 13.9. The molecule has 3 N–H and O–H groups in total. The lowest BCUT2D eigenvalue weighted by atomic mass is 10.2. The Kier molecular flexibility index (Phi) is 5.87. The van der Waals surface area contributed by atoms with Gasteiger partial charge in [-0.2, -0.15) is 0 Å². The monoisotopic (exact) mass is 393 g/mol. The maximum absolute atomic E-state index is 12.9. The zero-order chi connectivity index (χ0) is 21.0. The summed E-state index contributed by atoms with van der Waals surface area (Å²) in [6.07, 6.45) is 0. The van der Waals surface area contributed by atoms with Gasteiger partial charge in [0, 0.05) is 28.8 Å². The third kappa shape index (κ3) is 4.57. The number of carbonyl (C=O) groups is 2. The van der Waals surface area contributed by atoms with Crippen molar-refractivity contribution in [1.82, 2.24) is 4.57 Å². The number of nitrogens with zero attached hydrogens (tertiary/aromatic N) is 1. The SMILES string of the molecule is COc1ccc(-n2c(C)cc(C(=O)Nc3cccc(OCC(N)=O)c3)c2C)cc1. The van der Waals surface area contributed by atoms with E-state index in [4.69, 9.17) is 15.2 Å². The number of hydrogen-bond donors (Lipinski definition) is 2. The van der Waals surface area contributed by atoms with Crippen LogP contribution < -0.4 is 20.5 Å². The molecule has 3 rings (SSSR count). The van der Waals surface area contributed by atoms with E-state index in [2.05, 4.69) is 5.32 Å². The van der Waals surface area contributed by atoms with Crippen molar-refractivity contribution in [2.75, 3.05) is 19.0 Å². The molecule has 2 amide bonds. The molecule has 0 atom stereocenters. The highest BCUT2D eigenvalue weighted by atomic mass is 16.5. The van der Waals surface area contributed by atoms with Crippen LogP contribution in [0.25, 0.3) is 5.69 Å². The van der Waals surface area contributed by atoms with Crippen LogP contribution in [0.5, 0.6) is 11.5 Å². The van der Waals surface area contributed by atoms with E-state index in [1.54, 1.807) is 31.4 Å². The number of carbonyl (C=O) groups excluding carboxylic acids is 2. The number of benzene rings is 2. The molecule has 0 aliphatic heterocycles. The van der Waals surface area contributed by atoms with Gasteiger partial charge in [-0.3, -0.25) is 9.59 Å². The molecular weight excluding hydrogens is 370 g/mol. The predicted molar refractivity (Wildman–Crippen MR) is 111 cm³/mol. The Morgan fingerprint density at radius 1 is 1.03 bits per heavy atom. The summed E-state index contributed by atoms with van der Waals surface area (Å²) in [5.41, 5.74) is 8.93. The Labute approximate surface area is 169 Å². The number of methoxy groups -OCH3 is 1. The number of aryl methyl sites for hydroxylation is 1. The lowest BCUT2D eigenvalue weighted by molar-refractivity contribution is -0.119. The van der Waals surface area contributed by atoms with Crippen LogP contribution in [0, 0.1) is 13.8 Å². The Balaban J connectivity index is 1.81. The topological polar surface area (TPSA) is 95.6 Å². The Morgan fingerprint density at radius 3 is 2.41 bits per heavy atom. The van der Waals surface area contributed by atoms with Gasteiger partial charge in [0.1, 0.15) is 11.5 Å². The minimum Gasteiger partial charge on any atom is -0.497 e. The smallest absolute Gasteiger partial charge is 0.257 e. The van der Waals surface area contributed by atoms with Crippen molar-refractivity contribution < 1.29 is 19.1 Å². The molecule has 0 bridgehead atoms. The van der Waals surface area contributed by atoms with Crippen LogP contribution in [0.1, 0.15) is 21.7 Å². The molecule has 0 aliphatic carbocycles. The Bertz CT molecular complexity index is 1040. The molecule has 3 aromatic rings. The molecule has 1 aromatic heterocycles. The van der Waals surface area contributed by atoms with E-state index in [0.29, 0.717) is 17.0 Å². The molecule has 2 aromatic carbocycles. The van der Waals surface area contributed by atoms with Crippen molar-refractivity contribution in [1.29, 1.82) is 0 Å². The predicted octanol–water partition coefficient (Wildman–Crippen LogP) is 3.22. The third-order valence-corrected chi connectivity index (χ3v) is 4.48. The summed E-state index contributed by atoms with van der Waals surface area (Å²) >= 11 is 0. The number of anilines is 1. The highest BCUT2D eigenvalue weighted by molar-refractivity contribution is 6.05. The second-order valence-electron chi connectivity index (χ2n) is 6.56. The van der Waals surface area contributed by atoms with Crippen molar-refractivity contribution in [3.63, 3.8) is 0 Å². The second-order valence-corrected chi connectivity index (χ2v) is 6.56. The highest BCUT2D eigenvalue weighted by Gasteiger charge is 2.17. The molecule has 1 heterocycles. The van der Waals surface area contributed by atoms with E-state index in [1.165, 1.54) is 0 Å². The van der Waals surface area contributed by atoms with E-state index >= 15 is 0 Å². The van der Waals surface area contributed by atoms with E-state index < -0.39 is 5.91 Å². The van der Waals surface area contributed by atoms with Gasteiger partial charge in [-0.05, 0) is 56.3 Å². The minimum atomic E-state index is -0.564. The van der Waals surface area contributed by atoms with Crippen molar-refractivity contribution in [3.05, 3.63) is 71.5 Å². The van der Waals surface area contributed by atoms with Gasteiger partial charge >= 0.3 is 0 Å². The van der Waals surface area contributed by atoms with Gasteiger partial charge in [0.25, 0.3) is 11.8 Å². The Morgan fingerprint density at radius 2 is 1.76 bits per heavy atom. The van der Waals surface area contributed by atoms with Gasteiger partial charge in [0.2, 0.25) is 0 Å². The molecule has 0 unspecified atom stereocenters. The minimum absolute atomic E-state index is 0.222. The first kappa shape index (κ1) is 20.0. The van der Waals surface area contributed by atoms with Gasteiger partial charge in [-0.1, -0.05) is 6.07 Å². The normalized spacial score (nSPS) is 10.4. The van der Waals surface area contributed by atoms with Gasteiger partial charge in [-0.25, -0.2) is 0 Å². The summed E-state index contributed by atoms with van der Waals surface area (Å²) in [6.45, 7) is 3.63. The zero-order valence-electron chi connectivity index (χ0n) is 16.6. The van der Waals surface area contributed by atoms with E-state index in [0.717, 1.165) is 22.8 Å². The van der Waals surface area contributed by atoms with Crippen LogP contribution in [-0.2, 0) is 4.79 Å². The summed E-state index contributed by atoms with van der Waals surface area (Å²) in [4.78, 5) is 23.7. The molecule has 7 nitrogen and oxygen atoms in total. The maximum Gasteiger partial charge on any atom is 0.257 e. The van der Waals surface area contributed by atoms with E-state index in [-0.39, 0.29) is 12.5 Å². The number of aromatic nitrogens is 1. The summed E-state index contributed by atoms with van der Waals surface area (Å²) in [6, 6.07) is 16.3. The van der Waals surface area contributed by atoms with Crippen LogP contribution in [0.4, 0.5) is 5.69 Å². The number of ether oxygens (including phenoxy) is 2. The zero-order valence-corrected chi connectivity index (χ0v) is 16.6. The largest absolute Gasteiger partial charge is 0.497 e. The quantitative estimate of drug-likeness (QED) is 0.644. The van der Waals surface area contributed by atoms with Crippen molar-refractivity contribution in [2.45, 2.75) is 13.8 Å². The number of amides is 2. The average molecular weight is 393 g/mol. The molecule has 0 fully saturated rings. The van der Waals surface area contributed by atoms with Gasteiger partial charge in [0.15, 0.2) is 6.61 Å². The summed E-state index contributed by atoms with van der Waals surface area (Å²) in [5.74, 6) is 0.424. The fourth-order valence-corrected chi connectivity index (χ4v) is 3.14. The van der Waals surface area contributed by atoms with E-state index in [9.17, 15) is 9.59 Å². The van der Waals surface area contributed by atoms with Gasteiger partial charge in [0.05, 0.1) is 12.7 Å². The number of primary amides is 1. The molecule has 0 saturated heterocycles. The fourth-order valence-electron chi connectivity index (χ4n) is 3.14. The number of rotatable bonds is 7. The Hall–Kier alpha value is -3.74. The molecule has 0 spiro atoms. The lowest BCUT2D eigenvalue weighted by Crippen LogP contribution is -2.20. The van der Waals surface area contributed by atoms with Crippen LogP contribution in [0.15, 0.2) is 54.6 Å². The number of nitrogens with one attached hydrogen (secondary N) is 1. The van der Waals surface area contributed by atoms with Crippen molar-refractivity contribution in [2.24, 2.45) is 5.73 Å². The second kappa shape index (κ2) is 8.52. The summed E-state index contributed by atoms with van der Waals surface area (Å²) in [5, 5.41) is 2.87. The van der Waals surface area contributed by atoms with Gasteiger partial charge < -0.3 is 25.1 Å². The molecule has 7 heteroatoms. The van der Waals surface area contributed by atoms with E-state index in [1.807, 2.05) is 48.7 Å².